The Morgan fingerprint density at radius 3 is 2.78 bits per heavy atom. The molecule has 0 amide bonds. The summed E-state index contributed by atoms with van der Waals surface area (Å²) in [5, 5.41) is 1.00. The van der Waals surface area contributed by atoms with Gasteiger partial charge >= 0.3 is 5.97 Å². The molecule has 1 atom stereocenters. The number of esters is 1. The van der Waals surface area contributed by atoms with E-state index in [0.29, 0.717) is 18.1 Å². The Bertz CT molecular complexity index is 968. The van der Waals surface area contributed by atoms with Gasteiger partial charge in [0.25, 0.3) is 0 Å². The number of ether oxygens (including phenoxy) is 1. The highest BCUT2D eigenvalue weighted by Crippen LogP contribution is 2.37. The van der Waals surface area contributed by atoms with Crippen LogP contribution in [0.2, 0.25) is 0 Å². The molecular weight excluding hydrogens is 358 g/mol. The van der Waals surface area contributed by atoms with E-state index >= 15 is 0 Å². The number of thiophene rings is 1. The van der Waals surface area contributed by atoms with Crippen LogP contribution >= 0.6 is 11.3 Å². The second-order valence-electron chi connectivity index (χ2n) is 6.90. The normalized spacial score (nSPS) is 14.7. The van der Waals surface area contributed by atoms with Crippen LogP contribution in [-0.4, -0.2) is 15.9 Å². The van der Waals surface area contributed by atoms with Crippen LogP contribution in [0.3, 0.4) is 0 Å². The number of aromatic nitrogens is 2. The van der Waals surface area contributed by atoms with E-state index in [1.807, 2.05) is 37.3 Å². The lowest BCUT2D eigenvalue weighted by atomic mass is 9.97. The van der Waals surface area contributed by atoms with E-state index in [1.54, 1.807) is 11.3 Å². The molecule has 1 aliphatic carbocycles. The van der Waals surface area contributed by atoms with E-state index in [1.165, 1.54) is 23.3 Å². The van der Waals surface area contributed by atoms with Crippen LogP contribution in [0.4, 0.5) is 5.82 Å². The van der Waals surface area contributed by atoms with Crippen molar-refractivity contribution >= 4 is 33.3 Å². The Labute approximate surface area is 162 Å². The monoisotopic (exact) mass is 381 g/mol. The molecule has 0 spiro atoms. The van der Waals surface area contributed by atoms with Gasteiger partial charge in [-0.15, -0.1) is 11.3 Å². The summed E-state index contributed by atoms with van der Waals surface area (Å²) in [7, 11) is 0. The highest BCUT2D eigenvalue weighted by atomic mass is 32.1. The number of nitrogens with zero attached hydrogens (tertiary/aromatic N) is 2. The van der Waals surface area contributed by atoms with Gasteiger partial charge < -0.3 is 10.5 Å². The molecule has 3 aromatic rings. The van der Waals surface area contributed by atoms with Gasteiger partial charge in [0, 0.05) is 4.88 Å². The average molecular weight is 382 g/mol. The van der Waals surface area contributed by atoms with Crippen molar-refractivity contribution in [1.29, 1.82) is 0 Å². The fourth-order valence-corrected chi connectivity index (χ4v) is 5.04. The van der Waals surface area contributed by atoms with Crippen molar-refractivity contribution in [2.45, 2.75) is 51.6 Å². The highest BCUT2D eigenvalue weighted by molar-refractivity contribution is 7.19. The predicted octanol–water partition coefficient (Wildman–Crippen LogP) is 4.39. The van der Waals surface area contributed by atoms with Gasteiger partial charge in [-0.05, 0) is 43.2 Å². The molecule has 27 heavy (non-hydrogen) atoms. The van der Waals surface area contributed by atoms with Crippen LogP contribution in [0.5, 0.6) is 0 Å². The number of rotatable bonds is 5. The van der Waals surface area contributed by atoms with Gasteiger partial charge in [-0.2, -0.15) is 0 Å². The summed E-state index contributed by atoms with van der Waals surface area (Å²) in [4.78, 5) is 23.9. The maximum atomic E-state index is 12.5. The topological polar surface area (TPSA) is 78.1 Å². The molecule has 6 heteroatoms. The average Bonchev–Trinajstić information content (AvgIpc) is 3.06. The largest absolute Gasteiger partial charge is 0.457 e. The summed E-state index contributed by atoms with van der Waals surface area (Å²) >= 11 is 1.70. The molecule has 140 valence electrons. The minimum atomic E-state index is -0.277. The first-order chi connectivity index (χ1) is 13.2. The molecule has 5 nitrogen and oxygen atoms in total. The Morgan fingerprint density at radius 1 is 1.22 bits per heavy atom. The fourth-order valence-electron chi connectivity index (χ4n) is 3.76. The quantitative estimate of drug-likeness (QED) is 0.663. The molecule has 0 saturated heterocycles. The van der Waals surface area contributed by atoms with E-state index in [0.717, 1.165) is 28.6 Å². The van der Waals surface area contributed by atoms with Gasteiger partial charge in [0.2, 0.25) is 0 Å². The van der Waals surface area contributed by atoms with E-state index in [-0.39, 0.29) is 18.5 Å². The summed E-state index contributed by atoms with van der Waals surface area (Å²) in [6.45, 7) is 2.03. The Hall–Kier alpha value is -2.47. The van der Waals surface area contributed by atoms with E-state index in [9.17, 15) is 4.79 Å². The van der Waals surface area contributed by atoms with Gasteiger partial charge in [0.1, 0.15) is 10.6 Å². The standard InChI is InChI=1S/C21H23N3O2S/c1-2-14(13-8-4-3-5-9-13)21(25)26-12-17-23-19(22)18-15-10-6-7-11-16(15)27-20(18)24-17/h3-5,8-9,14H,2,6-7,10-12H2,1H3,(H2,22,23,24). The predicted molar refractivity (Wildman–Crippen MR) is 108 cm³/mol. The second-order valence-corrected chi connectivity index (χ2v) is 7.98. The zero-order valence-corrected chi connectivity index (χ0v) is 16.2. The summed E-state index contributed by atoms with van der Waals surface area (Å²) in [5.41, 5.74) is 8.51. The molecule has 1 unspecified atom stereocenters. The third kappa shape index (κ3) is 3.54. The number of carbonyl (C=O) groups is 1. The maximum absolute atomic E-state index is 12.5. The lowest BCUT2D eigenvalue weighted by molar-refractivity contribution is -0.147. The van der Waals surface area contributed by atoms with Gasteiger partial charge in [-0.1, -0.05) is 37.3 Å². The number of benzene rings is 1. The van der Waals surface area contributed by atoms with Crippen molar-refractivity contribution in [3.8, 4) is 0 Å². The Kier molecular flexibility index (Phi) is 5.07. The van der Waals surface area contributed by atoms with E-state index in [4.69, 9.17) is 10.5 Å². The fraction of sp³-hybridized carbons (Fsp3) is 0.381. The van der Waals surface area contributed by atoms with Gasteiger partial charge in [-0.25, -0.2) is 9.97 Å². The molecule has 1 aromatic carbocycles. The van der Waals surface area contributed by atoms with Crippen LogP contribution in [0.25, 0.3) is 10.2 Å². The molecular formula is C21H23N3O2S. The van der Waals surface area contributed by atoms with Crippen molar-refractivity contribution < 1.29 is 9.53 Å². The molecule has 0 aliphatic heterocycles. The van der Waals surface area contributed by atoms with E-state index in [2.05, 4.69) is 9.97 Å². The minimum Gasteiger partial charge on any atom is -0.457 e. The first kappa shape index (κ1) is 17.9. The van der Waals surface area contributed by atoms with Gasteiger partial charge in [-0.3, -0.25) is 4.79 Å². The number of carbonyl (C=O) groups excluding carboxylic acids is 1. The maximum Gasteiger partial charge on any atom is 0.313 e. The van der Waals surface area contributed by atoms with Gasteiger partial charge in [0.15, 0.2) is 12.4 Å². The minimum absolute atomic E-state index is 0.0465. The van der Waals surface area contributed by atoms with Crippen molar-refractivity contribution in [1.82, 2.24) is 9.97 Å². The number of nitrogens with two attached hydrogens (primary N) is 1. The number of hydrogen-bond donors (Lipinski definition) is 1. The third-order valence-electron chi connectivity index (χ3n) is 5.13. The smallest absolute Gasteiger partial charge is 0.313 e. The Balaban J connectivity index is 1.52. The van der Waals surface area contributed by atoms with Crippen molar-refractivity contribution in [2.75, 3.05) is 5.73 Å². The number of aryl methyl sites for hydroxylation is 2. The molecule has 0 fully saturated rings. The molecule has 0 bridgehead atoms. The molecule has 2 heterocycles. The molecule has 4 rings (SSSR count). The number of fused-ring (bicyclic) bond motifs is 3. The number of hydrogen-bond acceptors (Lipinski definition) is 6. The summed E-state index contributed by atoms with van der Waals surface area (Å²) in [6.07, 6.45) is 5.23. The van der Waals surface area contributed by atoms with Crippen molar-refractivity contribution in [2.24, 2.45) is 0 Å². The number of anilines is 1. The zero-order chi connectivity index (χ0) is 18.8. The van der Waals surface area contributed by atoms with Crippen molar-refractivity contribution in [3.05, 3.63) is 52.2 Å². The zero-order valence-electron chi connectivity index (χ0n) is 15.4. The van der Waals surface area contributed by atoms with Crippen LogP contribution in [0.1, 0.15) is 53.9 Å². The van der Waals surface area contributed by atoms with Crippen LogP contribution < -0.4 is 5.73 Å². The number of nitrogen functional groups attached to an aromatic ring is 1. The molecule has 1 aliphatic rings. The highest BCUT2D eigenvalue weighted by Gasteiger charge is 2.22. The SMILES string of the molecule is CCC(C(=O)OCc1nc(N)c2c3c(sc2n1)CCCC3)c1ccccc1. The summed E-state index contributed by atoms with van der Waals surface area (Å²) in [6, 6.07) is 9.70. The van der Waals surface area contributed by atoms with Gasteiger partial charge in [0.05, 0.1) is 11.3 Å². The van der Waals surface area contributed by atoms with Crippen LogP contribution in [-0.2, 0) is 29.0 Å². The Morgan fingerprint density at radius 2 is 2.00 bits per heavy atom. The second kappa shape index (κ2) is 7.64. The lowest BCUT2D eigenvalue weighted by Crippen LogP contribution is -2.16. The van der Waals surface area contributed by atoms with E-state index < -0.39 is 0 Å². The summed E-state index contributed by atoms with van der Waals surface area (Å²) < 4.78 is 5.53. The first-order valence-electron chi connectivity index (χ1n) is 9.45. The summed E-state index contributed by atoms with van der Waals surface area (Å²) in [5.74, 6) is 0.438. The third-order valence-corrected chi connectivity index (χ3v) is 6.31. The molecule has 2 aromatic heterocycles. The molecule has 0 radical (unpaired) electrons. The molecule has 2 N–H and O–H groups in total. The first-order valence-corrected chi connectivity index (χ1v) is 10.3. The van der Waals surface area contributed by atoms with Crippen molar-refractivity contribution in [3.63, 3.8) is 0 Å². The molecule has 0 saturated carbocycles. The van der Waals surface area contributed by atoms with Crippen LogP contribution in [0.15, 0.2) is 30.3 Å². The van der Waals surface area contributed by atoms with Crippen LogP contribution in [0, 0.1) is 0 Å². The lowest BCUT2D eigenvalue weighted by Gasteiger charge is -2.14.